The SMILES string of the molecule is CCC1(CC)CC(N=C2c3ccccc3CCc3ccccc32)C1. The largest absolute Gasteiger partial charge is 0.281 e. The third kappa shape index (κ3) is 2.60. The van der Waals surface area contributed by atoms with Crippen molar-refractivity contribution in [2.45, 2.75) is 58.4 Å². The second-order valence-corrected chi connectivity index (χ2v) is 7.56. The molecule has 1 nitrogen and oxygen atoms in total. The first-order valence-electron chi connectivity index (χ1n) is 9.49. The molecule has 24 heavy (non-hydrogen) atoms. The van der Waals surface area contributed by atoms with E-state index in [4.69, 9.17) is 4.99 Å². The average molecular weight is 317 g/mol. The van der Waals surface area contributed by atoms with Crippen LogP contribution in [0.2, 0.25) is 0 Å². The summed E-state index contributed by atoms with van der Waals surface area (Å²) in [6, 6.07) is 18.2. The molecule has 0 N–H and O–H groups in total. The van der Waals surface area contributed by atoms with Gasteiger partial charge in [-0.1, -0.05) is 75.2 Å². The van der Waals surface area contributed by atoms with E-state index < -0.39 is 0 Å². The summed E-state index contributed by atoms with van der Waals surface area (Å²) in [5, 5.41) is 0. The highest BCUT2D eigenvalue weighted by Gasteiger charge is 2.41. The van der Waals surface area contributed by atoms with Crippen LogP contribution in [0.1, 0.15) is 61.8 Å². The molecule has 0 radical (unpaired) electrons. The summed E-state index contributed by atoms with van der Waals surface area (Å²) in [6.07, 6.45) is 7.33. The zero-order valence-electron chi connectivity index (χ0n) is 14.9. The molecule has 124 valence electrons. The zero-order chi connectivity index (χ0) is 16.6. The van der Waals surface area contributed by atoms with Gasteiger partial charge in [-0.15, -0.1) is 0 Å². The number of rotatable bonds is 3. The second-order valence-electron chi connectivity index (χ2n) is 7.56. The van der Waals surface area contributed by atoms with Crippen LogP contribution < -0.4 is 0 Å². The molecule has 2 aromatic carbocycles. The molecular weight excluding hydrogens is 290 g/mol. The predicted octanol–water partition coefficient (Wildman–Crippen LogP) is 5.59. The smallest absolute Gasteiger partial charge is 0.0727 e. The summed E-state index contributed by atoms with van der Waals surface area (Å²) in [5.74, 6) is 0. The van der Waals surface area contributed by atoms with Crippen LogP contribution in [0.25, 0.3) is 0 Å². The molecule has 1 fully saturated rings. The standard InChI is InChI=1S/C23H27N/c1-3-23(4-2)15-19(16-23)24-22-20-11-7-5-9-17(20)13-14-18-10-6-8-12-21(18)22/h5-12,19H,3-4,13-16H2,1-2H3. The normalized spacial score (nSPS) is 19.0. The van der Waals surface area contributed by atoms with Gasteiger partial charge in [0, 0.05) is 11.1 Å². The van der Waals surface area contributed by atoms with Crippen LogP contribution in [-0.4, -0.2) is 11.8 Å². The molecule has 0 spiro atoms. The lowest BCUT2D eigenvalue weighted by molar-refractivity contribution is 0.0946. The van der Waals surface area contributed by atoms with Gasteiger partial charge >= 0.3 is 0 Å². The third-order valence-corrected chi connectivity index (χ3v) is 6.36. The van der Waals surface area contributed by atoms with E-state index in [1.54, 1.807) is 0 Å². The first kappa shape index (κ1) is 15.6. The fourth-order valence-electron chi connectivity index (χ4n) is 4.53. The molecule has 0 unspecified atom stereocenters. The Morgan fingerprint density at radius 3 is 1.83 bits per heavy atom. The van der Waals surface area contributed by atoms with Crippen molar-refractivity contribution in [3.8, 4) is 0 Å². The van der Waals surface area contributed by atoms with Crippen molar-refractivity contribution < 1.29 is 0 Å². The molecule has 4 rings (SSSR count). The minimum Gasteiger partial charge on any atom is -0.281 e. The maximum absolute atomic E-state index is 5.29. The second kappa shape index (κ2) is 6.20. The van der Waals surface area contributed by atoms with E-state index in [1.165, 1.54) is 53.6 Å². The molecule has 2 aromatic rings. The number of hydrogen-bond acceptors (Lipinski definition) is 1. The van der Waals surface area contributed by atoms with Gasteiger partial charge in [-0.05, 0) is 42.2 Å². The topological polar surface area (TPSA) is 12.4 Å². The van der Waals surface area contributed by atoms with Crippen LogP contribution in [-0.2, 0) is 12.8 Å². The maximum Gasteiger partial charge on any atom is 0.0727 e. The van der Waals surface area contributed by atoms with Gasteiger partial charge in [0.25, 0.3) is 0 Å². The number of aryl methyl sites for hydroxylation is 2. The molecule has 0 aromatic heterocycles. The Morgan fingerprint density at radius 1 is 0.833 bits per heavy atom. The summed E-state index contributed by atoms with van der Waals surface area (Å²) in [6.45, 7) is 4.67. The average Bonchev–Trinajstić information content (AvgIpc) is 2.75. The molecule has 1 saturated carbocycles. The van der Waals surface area contributed by atoms with Crippen molar-refractivity contribution in [1.82, 2.24) is 0 Å². The molecule has 1 heteroatoms. The minimum atomic E-state index is 0.499. The molecule has 0 atom stereocenters. The highest BCUT2D eigenvalue weighted by Crippen LogP contribution is 2.48. The first-order chi connectivity index (χ1) is 11.7. The number of nitrogens with zero attached hydrogens (tertiary/aromatic N) is 1. The number of fused-ring (bicyclic) bond motifs is 2. The zero-order valence-corrected chi connectivity index (χ0v) is 14.9. The van der Waals surface area contributed by atoms with Crippen LogP contribution in [0.4, 0.5) is 0 Å². The van der Waals surface area contributed by atoms with Gasteiger partial charge < -0.3 is 0 Å². The molecule has 0 saturated heterocycles. The van der Waals surface area contributed by atoms with Crippen LogP contribution in [0, 0.1) is 5.41 Å². The van der Waals surface area contributed by atoms with Gasteiger partial charge in [-0.25, -0.2) is 0 Å². The van der Waals surface area contributed by atoms with Crippen LogP contribution in [0.5, 0.6) is 0 Å². The van der Waals surface area contributed by atoms with Gasteiger partial charge in [-0.3, -0.25) is 4.99 Å². The summed E-state index contributed by atoms with van der Waals surface area (Å²) in [4.78, 5) is 5.29. The van der Waals surface area contributed by atoms with Gasteiger partial charge in [0.15, 0.2) is 0 Å². The molecule has 0 bridgehead atoms. The van der Waals surface area contributed by atoms with Crippen molar-refractivity contribution in [3.05, 3.63) is 70.8 Å². The van der Waals surface area contributed by atoms with Crippen molar-refractivity contribution in [3.63, 3.8) is 0 Å². The Bertz CT molecular complexity index is 710. The summed E-state index contributed by atoms with van der Waals surface area (Å²) in [5.41, 5.74) is 7.40. The van der Waals surface area contributed by atoms with Crippen LogP contribution in [0.3, 0.4) is 0 Å². The Morgan fingerprint density at radius 2 is 1.33 bits per heavy atom. The number of hydrogen-bond donors (Lipinski definition) is 0. The van der Waals surface area contributed by atoms with E-state index in [9.17, 15) is 0 Å². The van der Waals surface area contributed by atoms with Gasteiger partial charge in [-0.2, -0.15) is 0 Å². The van der Waals surface area contributed by atoms with E-state index >= 15 is 0 Å². The van der Waals surface area contributed by atoms with Crippen molar-refractivity contribution in [2.75, 3.05) is 0 Å². The Hall–Kier alpha value is -1.89. The fraction of sp³-hybridized carbons (Fsp3) is 0.435. The van der Waals surface area contributed by atoms with Crippen molar-refractivity contribution >= 4 is 5.71 Å². The maximum atomic E-state index is 5.29. The monoisotopic (exact) mass is 317 g/mol. The van der Waals surface area contributed by atoms with Gasteiger partial charge in [0.1, 0.15) is 0 Å². The van der Waals surface area contributed by atoms with Crippen molar-refractivity contribution in [1.29, 1.82) is 0 Å². The molecule has 0 heterocycles. The predicted molar refractivity (Wildman–Crippen MR) is 102 cm³/mol. The highest BCUT2D eigenvalue weighted by atomic mass is 14.8. The van der Waals surface area contributed by atoms with E-state index in [2.05, 4.69) is 62.4 Å². The fourth-order valence-corrected chi connectivity index (χ4v) is 4.53. The molecule has 2 aliphatic rings. The van der Waals surface area contributed by atoms with E-state index in [1.807, 2.05) is 0 Å². The molecule has 2 aliphatic carbocycles. The van der Waals surface area contributed by atoms with Crippen molar-refractivity contribution in [2.24, 2.45) is 10.4 Å². The van der Waals surface area contributed by atoms with Gasteiger partial charge in [0.05, 0.1) is 11.8 Å². The molecular formula is C23H27N. The van der Waals surface area contributed by atoms with E-state index in [0.29, 0.717) is 11.5 Å². The summed E-state index contributed by atoms with van der Waals surface area (Å²) in [7, 11) is 0. The summed E-state index contributed by atoms with van der Waals surface area (Å²) >= 11 is 0. The number of aliphatic imine (C=N–C) groups is 1. The van der Waals surface area contributed by atoms with Gasteiger partial charge in [0.2, 0.25) is 0 Å². The highest BCUT2D eigenvalue weighted by molar-refractivity contribution is 6.15. The number of benzene rings is 2. The lowest BCUT2D eigenvalue weighted by atomic mass is 9.62. The lowest BCUT2D eigenvalue weighted by Crippen LogP contribution is -2.39. The Kier molecular flexibility index (Phi) is 4.04. The summed E-state index contributed by atoms with van der Waals surface area (Å²) < 4.78 is 0. The van der Waals surface area contributed by atoms with E-state index in [0.717, 1.165) is 12.8 Å². The van der Waals surface area contributed by atoms with Crippen LogP contribution >= 0.6 is 0 Å². The quantitative estimate of drug-likeness (QED) is 0.699. The van der Waals surface area contributed by atoms with Crippen LogP contribution in [0.15, 0.2) is 53.5 Å². The molecule has 0 aliphatic heterocycles. The lowest BCUT2D eigenvalue weighted by Gasteiger charge is -2.45. The minimum absolute atomic E-state index is 0.499. The Labute approximate surface area is 145 Å². The third-order valence-electron chi connectivity index (χ3n) is 6.36. The first-order valence-corrected chi connectivity index (χ1v) is 9.49. The molecule has 0 amide bonds. The Balaban J connectivity index is 1.75. The van der Waals surface area contributed by atoms with E-state index in [-0.39, 0.29) is 0 Å².